The van der Waals surface area contributed by atoms with Crippen LogP contribution in [0.3, 0.4) is 0 Å². The number of carbonyl (C=O) groups is 2. The van der Waals surface area contributed by atoms with E-state index >= 15 is 0 Å². The Bertz CT molecular complexity index is 447. The second kappa shape index (κ2) is 19.1. The number of nitrogens with zero attached hydrogens (tertiary/aromatic N) is 1. The van der Waals surface area contributed by atoms with E-state index in [1.54, 1.807) is 6.29 Å². The minimum absolute atomic E-state index is 0.0717. The molecule has 1 unspecified atom stereocenters. The monoisotopic (exact) mass is 430 g/mol. The van der Waals surface area contributed by atoms with Crippen LogP contribution >= 0.6 is 12.6 Å². The summed E-state index contributed by atoms with van der Waals surface area (Å²) in [7, 11) is 0. The van der Waals surface area contributed by atoms with Gasteiger partial charge in [-0.3, -0.25) is 19.3 Å². The lowest BCUT2D eigenvalue weighted by Crippen LogP contribution is -2.51. The molecule has 1 radical (unpaired) electrons. The van der Waals surface area contributed by atoms with E-state index in [1.807, 2.05) is 0 Å². The Balaban J connectivity index is 3.96. The normalized spacial score (nSPS) is 13.1. The van der Waals surface area contributed by atoms with Gasteiger partial charge in [-0.1, -0.05) is 84.0 Å². The smallest absolute Gasteiger partial charge is 0.261 e. The number of amides is 2. The first-order valence-electron chi connectivity index (χ1n) is 11.2. The molecule has 169 valence electrons. The summed E-state index contributed by atoms with van der Waals surface area (Å²) in [5, 5.41) is 18.5. The van der Waals surface area contributed by atoms with Gasteiger partial charge in [0.15, 0.2) is 6.10 Å². The van der Waals surface area contributed by atoms with Crippen molar-refractivity contribution in [3.63, 3.8) is 0 Å². The summed E-state index contributed by atoms with van der Waals surface area (Å²) in [4.78, 5) is 36.2. The first-order valence-corrected chi connectivity index (χ1v) is 11.8. The molecule has 0 bridgehead atoms. The third kappa shape index (κ3) is 13.1. The third-order valence-electron chi connectivity index (χ3n) is 5.08. The molecule has 0 saturated heterocycles. The summed E-state index contributed by atoms with van der Waals surface area (Å²) in [6.07, 6.45) is 15.4. The molecule has 2 atom stereocenters. The van der Waals surface area contributed by atoms with Crippen molar-refractivity contribution in [2.45, 2.75) is 109 Å². The molecule has 0 aliphatic rings. The number of rotatable bonds is 19. The average Bonchev–Trinajstić information content (AvgIpc) is 2.73. The zero-order valence-corrected chi connectivity index (χ0v) is 18.9. The van der Waals surface area contributed by atoms with Crippen molar-refractivity contribution in [2.24, 2.45) is 0 Å². The van der Waals surface area contributed by atoms with Crippen molar-refractivity contribution in [3.05, 3.63) is 0 Å². The van der Waals surface area contributed by atoms with E-state index in [0.29, 0.717) is 11.3 Å². The van der Waals surface area contributed by atoms with E-state index in [2.05, 4.69) is 19.6 Å². The lowest BCUT2D eigenvalue weighted by molar-refractivity contribution is -0.152. The molecular weight excluding hydrogens is 390 g/mol. The first kappa shape index (κ1) is 28.1. The summed E-state index contributed by atoms with van der Waals surface area (Å²) >= 11 is 3.96. The molecule has 0 saturated carbocycles. The van der Waals surface area contributed by atoms with Crippen LogP contribution in [0.4, 0.5) is 0 Å². The molecule has 0 aliphatic heterocycles. The van der Waals surface area contributed by atoms with Crippen LogP contribution < -0.4 is 0 Å². The Hall–Kier alpha value is -0.920. The van der Waals surface area contributed by atoms with Crippen molar-refractivity contribution in [1.29, 1.82) is 0 Å². The maximum Gasteiger partial charge on any atom is 0.261 e. The molecule has 0 fully saturated rings. The van der Waals surface area contributed by atoms with Crippen LogP contribution in [0, 0.1) is 0 Å². The van der Waals surface area contributed by atoms with Crippen molar-refractivity contribution in [3.8, 4) is 0 Å². The number of aliphatic hydroxyl groups is 2. The topological polar surface area (TPSA) is 94.9 Å². The molecule has 2 N–H and O–H groups in total. The minimum atomic E-state index is -1.72. The molecule has 0 aromatic rings. The van der Waals surface area contributed by atoms with E-state index < -0.39 is 30.6 Å². The Morgan fingerprint density at radius 2 is 1.34 bits per heavy atom. The molecule has 2 amide bonds. The number of hydrogen-bond donors (Lipinski definition) is 3. The van der Waals surface area contributed by atoms with E-state index in [1.165, 1.54) is 57.8 Å². The van der Waals surface area contributed by atoms with E-state index in [4.69, 9.17) is 5.11 Å². The first-order chi connectivity index (χ1) is 14.0. The van der Waals surface area contributed by atoms with Gasteiger partial charge >= 0.3 is 0 Å². The fourth-order valence-corrected chi connectivity index (χ4v) is 3.51. The quantitative estimate of drug-likeness (QED) is 0.215. The summed E-state index contributed by atoms with van der Waals surface area (Å²) < 4.78 is 0. The van der Waals surface area contributed by atoms with Gasteiger partial charge in [-0.2, -0.15) is 12.6 Å². The Morgan fingerprint density at radius 3 is 1.72 bits per heavy atom. The molecule has 0 heterocycles. The number of aliphatic hydroxyl groups excluding tert-OH is 2. The van der Waals surface area contributed by atoms with Gasteiger partial charge in [0, 0.05) is 12.2 Å². The molecule has 7 heteroatoms. The second-order valence-electron chi connectivity index (χ2n) is 7.61. The zero-order chi connectivity index (χ0) is 21.9. The van der Waals surface area contributed by atoms with E-state index in [0.717, 1.165) is 19.3 Å². The third-order valence-corrected chi connectivity index (χ3v) is 5.42. The van der Waals surface area contributed by atoms with E-state index in [9.17, 15) is 19.5 Å². The largest absolute Gasteiger partial charge is 0.393 e. The van der Waals surface area contributed by atoms with Crippen molar-refractivity contribution in [2.75, 3.05) is 12.4 Å². The molecule has 0 aliphatic carbocycles. The fraction of sp³-hybridized carbons (Fsp3) is 0.864. The zero-order valence-electron chi connectivity index (χ0n) is 18.0. The molecule has 0 spiro atoms. The van der Waals surface area contributed by atoms with Crippen LogP contribution in [-0.2, 0) is 14.4 Å². The molecule has 0 aromatic carbocycles. The number of thiol groups is 1. The maximum atomic E-state index is 12.4. The second-order valence-corrected chi connectivity index (χ2v) is 7.97. The SMILES string of the molecule is CCCCCCCCCCCCCCCC(=O)N(C(=O)[C@@H](O)CO)C([C]=O)CS. The summed E-state index contributed by atoms with van der Waals surface area (Å²) in [5.41, 5.74) is 0. The molecule has 29 heavy (non-hydrogen) atoms. The maximum absolute atomic E-state index is 12.4. The van der Waals surface area contributed by atoms with Crippen LogP contribution in [0.15, 0.2) is 0 Å². The lowest BCUT2D eigenvalue weighted by atomic mass is 10.0. The standard InChI is InChI=1S/C22H40NO5S/c1-2-3-4-5-6-7-8-9-10-11-12-13-14-15-21(27)23(19(16-24)18-29)22(28)20(26)17-25/h19-20,25-26,29H,2-15,17-18H2,1H3/t19?,20-/m0/s1. The molecule has 0 aromatic heterocycles. The van der Waals surface area contributed by atoms with Crippen LogP contribution in [0.1, 0.15) is 96.8 Å². The van der Waals surface area contributed by atoms with Crippen LogP contribution in [0.2, 0.25) is 0 Å². The van der Waals surface area contributed by atoms with Crippen molar-refractivity contribution in [1.82, 2.24) is 4.90 Å². The summed E-state index contributed by atoms with van der Waals surface area (Å²) in [5.74, 6) is -1.58. The average molecular weight is 431 g/mol. The van der Waals surface area contributed by atoms with Crippen LogP contribution in [0.25, 0.3) is 0 Å². The van der Waals surface area contributed by atoms with Gasteiger partial charge in [-0.15, -0.1) is 0 Å². The van der Waals surface area contributed by atoms with Gasteiger partial charge in [0.25, 0.3) is 5.91 Å². The highest BCUT2D eigenvalue weighted by Crippen LogP contribution is 2.14. The Kier molecular flexibility index (Phi) is 18.5. The molecular formula is C22H40NO5S. The highest BCUT2D eigenvalue weighted by atomic mass is 32.1. The van der Waals surface area contributed by atoms with Gasteiger partial charge in [0.05, 0.1) is 6.61 Å². The van der Waals surface area contributed by atoms with Gasteiger partial charge in [0.2, 0.25) is 12.2 Å². The highest BCUT2D eigenvalue weighted by molar-refractivity contribution is 7.80. The van der Waals surface area contributed by atoms with Crippen LogP contribution in [-0.4, -0.2) is 57.7 Å². The Labute approximate surface area is 181 Å². The van der Waals surface area contributed by atoms with Gasteiger partial charge in [-0.25, -0.2) is 0 Å². The minimum Gasteiger partial charge on any atom is -0.393 e. The summed E-state index contributed by atoms with van der Waals surface area (Å²) in [6.45, 7) is 1.43. The van der Waals surface area contributed by atoms with Crippen molar-refractivity contribution < 1.29 is 24.6 Å². The number of imide groups is 1. The molecule has 0 rings (SSSR count). The van der Waals surface area contributed by atoms with Crippen molar-refractivity contribution >= 4 is 30.7 Å². The number of hydrogen-bond acceptors (Lipinski definition) is 6. The predicted octanol–water partition coefficient (Wildman–Crippen LogP) is 3.58. The van der Waals surface area contributed by atoms with Gasteiger partial charge < -0.3 is 10.2 Å². The summed E-state index contributed by atoms with van der Waals surface area (Å²) in [6, 6.07) is -1.15. The van der Waals surface area contributed by atoms with Crippen LogP contribution in [0.5, 0.6) is 0 Å². The highest BCUT2D eigenvalue weighted by Gasteiger charge is 2.32. The van der Waals surface area contributed by atoms with Gasteiger partial charge in [-0.05, 0) is 6.42 Å². The lowest BCUT2D eigenvalue weighted by Gasteiger charge is -2.26. The molecule has 6 nitrogen and oxygen atoms in total. The van der Waals surface area contributed by atoms with E-state index in [-0.39, 0.29) is 12.2 Å². The number of carbonyl (C=O) groups excluding carboxylic acids is 3. The Morgan fingerprint density at radius 1 is 0.897 bits per heavy atom. The van der Waals surface area contributed by atoms with Gasteiger partial charge in [0.1, 0.15) is 6.04 Å². The predicted molar refractivity (Wildman–Crippen MR) is 119 cm³/mol. The number of unbranched alkanes of at least 4 members (excludes halogenated alkanes) is 12. The fourth-order valence-electron chi connectivity index (χ4n) is 3.28.